The third-order valence-electron chi connectivity index (χ3n) is 2.04. The van der Waals surface area contributed by atoms with Gasteiger partial charge in [-0.25, -0.2) is 0 Å². The second kappa shape index (κ2) is 7.86. The lowest BCUT2D eigenvalue weighted by atomic mass is 10.0. The fraction of sp³-hybridized carbons (Fsp3) is 0.286. The quantitative estimate of drug-likeness (QED) is 0.466. The van der Waals surface area contributed by atoms with Crippen LogP contribution < -0.4 is 0 Å². The molecule has 0 N–H and O–H groups in total. The summed E-state index contributed by atoms with van der Waals surface area (Å²) >= 11 is 0. The van der Waals surface area contributed by atoms with E-state index in [0.717, 1.165) is 17.8 Å². The Kier molecular flexibility index (Phi) is 7.08. The number of hydrogen-bond acceptors (Lipinski definition) is 1. The zero-order valence-electron chi connectivity index (χ0n) is 9.92. The highest BCUT2D eigenvalue weighted by molar-refractivity contribution is 5.41. The molecule has 0 radical (unpaired) electrons. The van der Waals surface area contributed by atoms with Gasteiger partial charge < -0.3 is 4.74 Å². The second-order valence-electron chi connectivity index (χ2n) is 3.05. The van der Waals surface area contributed by atoms with Crippen molar-refractivity contribution in [3.8, 4) is 0 Å². The molecule has 0 aliphatic heterocycles. The molecule has 0 heterocycles. The first-order chi connectivity index (χ1) is 7.19. The molecule has 1 heteroatoms. The zero-order chi connectivity index (χ0) is 11.7. The first-order valence-electron chi connectivity index (χ1n) is 5.08. The predicted octanol–water partition coefficient (Wildman–Crippen LogP) is 4.17. The molecule has 0 aliphatic rings. The fourth-order valence-electron chi connectivity index (χ4n) is 1.13. The molecule has 0 aromatic heterocycles. The van der Waals surface area contributed by atoms with Crippen LogP contribution in [0.1, 0.15) is 20.3 Å². The van der Waals surface area contributed by atoms with Gasteiger partial charge in [-0.2, -0.15) is 0 Å². The summed E-state index contributed by atoms with van der Waals surface area (Å²) in [6.45, 7) is 11.8. The molecule has 82 valence electrons. The summed E-state index contributed by atoms with van der Waals surface area (Å²) < 4.78 is 5.11. The van der Waals surface area contributed by atoms with Crippen LogP contribution in [0.2, 0.25) is 0 Å². The maximum atomic E-state index is 5.11. The Bertz CT molecular complexity index is 303. The van der Waals surface area contributed by atoms with Gasteiger partial charge in [0.2, 0.25) is 0 Å². The Morgan fingerprint density at radius 3 is 2.47 bits per heavy atom. The van der Waals surface area contributed by atoms with Crippen LogP contribution in [0.5, 0.6) is 0 Å². The van der Waals surface area contributed by atoms with E-state index in [1.165, 1.54) is 5.57 Å². The summed E-state index contributed by atoms with van der Waals surface area (Å²) in [7, 11) is 1.63. The lowest BCUT2D eigenvalue weighted by molar-refractivity contribution is 0.307. The average molecular weight is 204 g/mol. The third-order valence-corrected chi connectivity index (χ3v) is 2.04. The van der Waals surface area contributed by atoms with Crippen molar-refractivity contribution < 1.29 is 4.74 Å². The maximum absolute atomic E-state index is 5.11. The van der Waals surface area contributed by atoms with Crippen LogP contribution in [0.3, 0.4) is 0 Å². The van der Waals surface area contributed by atoms with Crippen LogP contribution in [-0.2, 0) is 4.74 Å². The summed E-state index contributed by atoms with van der Waals surface area (Å²) in [5.41, 5.74) is 2.16. The molecule has 0 atom stereocenters. The van der Waals surface area contributed by atoms with Crippen LogP contribution in [0.25, 0.3) is 0 Å². The first-order valence-corrected chi connectivity index (χ1v) is 5.08. The van der Waals surface area contributed by atoms with Crippen LogP contribution in [0, 0.1) is 0 Å². The van der Waals surface area contributed by atoms with Gasteiger partial charge in [0.05, 0.1) is 7.11 Å². The Labute approximate surface area is 93.1 Å². The summed E-state index contributed by atoms with van der Waals surface area (Å²) in [6, 6.07) is 0. The molecule has 0 fully saturated rings. The largest absolute Gasteiger partial charge is 0.497 e. The molecule has 0 aliphatic carbocycles. The Morgan fingerprint density at radius 1 is 1.40 bits per heavy atom. The molecule has 0 saturated heterocycles. The molecular weight excluding hydrogens is 184 g/mol. The van der Waals surface area contributed by atoms with Gasteiger partial charge in [0.1, 0.15) is 5.76 Å². The van der Waals surface area contributed by atoms with Gasteiger partial charge in [0.15, 0.2) is 0 Å². The van der Waals surface area contributed by atoms with Gasteiger partial charge in [-0.15, -0.1) is 0 Å². The van der Waals surface area contributed by atoms with E-state index in [1.807, 2.05) is 25.2 Å². The first kappa shape index (κ1) is 13.5. The van der Waals surface area contributed by atoms with Gasteiger partial charge >= 0.3 is 0 Å². The minimum atomic E-state index is 0.736. The summed E-state index contributed by atoms with van der Waals surface area (Å²) in [6.07, 6.45) is 10.6. The van der Waals surface area contributed by atoms with Gasteiger partial charge in [0, 0.05) is 0 Å². The molecule has 0 rings (SSSR count). The molecule has 0 amide bonds. The van der Waals surface area contributed by atoms with Crippen molar-refractivity contribution in [3.63, 3.8) is 0 Å². The standard InChI is InChI=1S/C14H20O/c1-6-9-10-13(7-2)12(4)11-14(8-3)15-5/h6,8-11H,3-4,7H2,1-2,5H3. The molecule has 0 bridgehead atoms. The molecule has 15 heavy (non-hydrogen) atoms. The topological polar surface area (TPSA) is 9.23 Å². The van der Waals surface area contributed by atoms with Crippen molar-refractivity contribution in [2.45, 2.75) is 20.3 Å². The van der Waals surface area contributed by atoms with E-state index in [-0.39, 0.29) is 0 Å². The molecule has 0 spiro atoms. The average Bonchev–Trinajstić information content (AvgIpc) is 2.26. The van der Waals surface area contributed by atoms with Crippen LogP contribution in [0.15, 0.2) is 60.4 Å². The molecular formula is C14H20O. The third kappa shape index (κ3) is 5.06. The predicted molar refractivity (Wildman–Crippen MR) is 67.6 cm³/mol. The SMILES string of the molecule is C=CC(=CC(=C)C(=CC=CC)CC)OC. The number of methoxy groups -OCH3 is 1. The number of allylic oxidation sites excluding steroid dienone is 7. The second-order valence-corrected chi connectivity index (χ2v) is 3.05. The van der Waals surface area contributed by atoms with Gasteiger partial charge in [0.25, 0.3) is 0 Å². The molecule has 0 aromatic carbocycles. The van der Waals surface area contributed by atoms with Gasteiger partial charge in [-0.3, -0.25) is 0 Å². The minimum absolute atomic E-state index is 0.736. The zero-order valence-corrected chi connectivity index (χ0v) is 9.92. The van der Waals surface area contributed by atoms with E-state index in [1.54, 1.807) is 13.2 Å². The summed E-state index contributed by atoms with van der Waals surface area (Å²) in [5.74, 6) is 0.736. The lowest BCUT2D eigenvalue weighted by Crippen LogP contribution is -1.87. The number of rotatable bonds is 6. The van der Waals surface area contributed by atoms with E-state index in [4.69, 9.17) is 4.74 Å². The minimum Gasteiger partial charge on any atom is -0.497 e. The van der Waals surface area contributed by atoms with E-state index < -0.39 is 0 Å². The summed E-state index contributed by atoms with van der Waals surface area (Å²) in [4.78, 5) is 0. The van der Waals surface area contributed by atoms with Crippen LogP contribution in [-0.4, -0.2) is 7.11 Å². The fourth-order valence-corrected chi connectivity index (χ4v) is 1.13. The molecule has 0 saturated carbocycles. The normalized spacial score (nSPS) is 13.0. The van der Waals surface area contributed by atoms with Gasteiger partial charge in [-0.1, -0.05) is 38.3 Å². The molecule has 0 unspecified atom stereocenters. The Hall–Kier alpha value is -1.50. The lowest BCUT2D eigenvalue weighted by Gasteiger charge is -2.05. The molecule has 1 nitrogen and oxygen atoms in total. The highest BCUT2D eigenvalue weighted by Crippen LogP contribution is 2.16. The maximum Gasteiger partial charge on any atom is 0.118 e. The number of ether oxygens (including phenoxy) is 1. The highest BCUT2D eigenvalue weighted by Gasteiger charge is 1.98. The van der Waals surface area contributed by atoms with E-state index in [9.17, 15) is 0 Å². The highest BCUT2D eigenvalue weighted by atomic mass is 16.5. The van der Waals surface area contributed by atoms with Crippen molar-refractivity contribution in [2.24, 2.45) is 0 Å². The molecule has 0 aromatic rings. The van der Waals surface area contributed by atoms with Crippen molar-refractivity contribution >= 4 is 0 Å². The van der Waals surface area contributed by atoms with Crippen molar-refractivity contribution in [2.75, 3.05) is 7.11 Å². The smallest absolute Gasteiger partial charge is 0.118 e. The van der Waals surface area contributed by atoms with Crippen LogP contribution in [0.4, 0.5) is 0 Å². The Balaban J connectivity index is 4.81. The van der Waals surface area contributed by atoms with E-state index >= 15 is 0 Å². The van der Waals surface area contributed by atoms with Crippen molar-refractivity contribution in [1.82, 2.24) is 0 Å². The van der Waals surface area contributed by atoms with Crippen molar-refractivity contribution in [1.29, 1.82) is 0 Å². The Morgan fingerprint density at radius 2 is 2.07 bits per heavy atom. The van der Waals surface area contributed by atoms with Gasteiger partial charge in [-0.05, 0) is 36.6 Å². The number of hydrogen-bond donors (Lipinski definition) is 0. The van der Waals surface area contributed by atoms with Crippen LogP contribution >= 0.6 is 0 Å². The van der Waals surface area contributed by atoms with E-state index in [2.05, 4.69) is 26.2 Å². The van der Waals surface area contributed by atoms with Crippen molar-refractivity contribution in [3.05, 3.63) is 60.4 Å². The summed E-state index contributed by atoms with van der Waals surface area (Å²) in [5, 5.41) is 0. The van der Waals surface area contributed by atoms with E-state index in [0.29, 0.717) is 0 Å². The monoisotopic (exact) mass is 204 g/mol.